The van der Waals surface area contributed by atoms with Gasteiger partial charge in [0.1, 0.15) is 0 Å². The molecular formula is C18H18F3N5OS2. The number of halogens is 3. The Balaban J connectivity index is 1.64. The van der Waals surface area contributed by atoms with Crippen LogP contribution >= 0.6 is 23.5 Å². The van der Waals surface area contributed by atoms with Crippen LogP contribution in [0.15, 0.2) is 47.8 Å². The smallest absolute Gasteiger partial charge is 0.345 e. The van der Waals surface area contributed by atoms with Crippen molar-refractivity contribution in [1.29, 1.82) is 0 Å². The molecule has 3 rings (SSSR count). The van der Waals surface area contributed by atoms with Gasteiger partial charge in [-0.15, -0.1) is 10.2 Å². The molecule has 6 nitrogen and oxygen atoms in total. The number of nitrogens with zero attached hydrogens (tertiary/aromatic N) is 4. The maximum absolute atomic E-state index is 12.6. The molecule has 1 unspecified atom stereocenters. The Morgan fingerprint density at radius 1 is 1.24 bits per heavy atom. The van der Waals surface area contributed by atoms with E-state index in [9.17, 15) is 18.0 Å². The highest BCUT2D eigenvalue weighted by Gasteiger charge is 2.30. The summed E-state index contributed by atoms with van der Waals surface area (Å²) in [5.74, 6) is 1.24. The number of nitrogens with one attached hydrogen (secondary N) is 1. The average molecular weight is 442 g/mol. The summed E-state index contributed by atoms with van der Waals surface area (Å²) in [4.78, 5) is 16.2. The number of thioether (sulfide) groups is 2. The van der Waals surface area contributed by atoms with Crippen LogP contribution in [-0.4, -0.2) is 43.3 Å². The van der Waals surface area contributed by atoms with E-state index in [1.54, 1.807) is 11.8 Å². The van der Waals surface area contributed by atoms with Crippen molar-refractivity contribution in [2.45, 2.75) is 23.7 Å². The summed E-state index contributed by atoms with van der Waals surface area (Å²) < 4.78 is 39.6. The van der Waals surface area contributed by atoms with Gasteiger partial charge in [0, 0.05) is 12.4 Å². The van der Waals surface area contributed by atoms with Crippen molar-refractivity contribution < 1.29 is 18.0 Å². The van der Waals surface area contributed by atoms with Crippen LogP contribution in [0, 0.1) is 0 Å². The molecule has 29 heavy (non-hydrogen) atoms. The Kier molecular flexibility index (Phi) is 7.01. The molecule has 0 aliphatic heterocycles. The summed E-state index contributed by atoms with van der Waals surface area (Å²) in [6, 6.07) is 7.44. The van der Waals surface area contributed by atoms with E-state index in [1.807, 2.05) is 35.1 Å². The number of pyridine rings is 2. The van der Waals surface area contributed by atoms with Crippen LogP contribution in [0.2, 0.25) is 0 Å². The fourth-order valence-electron chi connectivity index (χ4n) is 2.61. The van der Waals surface area contributed by atoms with Gasteiger partial charge >= 0.3 is 6.18 Å². The van der Waals surface area contributed by atoms with E-state index >= 15 is 0 Å². The van der Waals surface area contributed by atoms with Gasteiger partial charge in [0.05, 0.1) is 22.4 Å². The molecule has 154 valence electrons. The number of fused-ring (bicyclic) bond motifs is 1. The summed E-state index contributed by atoms with van der Waals surface area (Å²) in [6.07, 6.45) is 0.825. The van der Waals surface area contributed by atoms with Crippen LogP contribution in [0.25, 0.3) is 5.65 Å². The first kappa shape index (κ1) is 21.4. The van der Waals surface area contributed by atoms with E-state index in [-0.39, 0.29) is 17.7 Å². The highest BCUT2D eigenvalue weighted by molar-refractivity contribution is 7.99. The highest BCUT2D eigenvalue weighted by atomic mass is 32.2. The summed E-state index contributed by atoms with van der Waals surface area (Å²) >= 11 is 2.73. The lowest BCUT2D eigenvalue weighted by atomic mass is 10.2. The van der Waals surface area contributed by atoms with E-state index < -0.39 is 11.7 Å². The van der Waals surface area contributed by atoms with E-state index in [2.05, 4.69) is 20.5 Å². The molecule has 0 aliphatic rings. The SMILES string of the molecule is CSCCC(NC(=O)CSc1ccc(C(F)(F)F)cn1)c1nnc2ccccn12. The number of hydrogen-bond acceptors (Lipinski definition) is 6. The molecule has 0 bridgehead atoms. The number of carbonyl (C=O) groups is 1. The van der Waals surface area contributed by atoms with Gasteiger partial charge < -0.3 is 5.32 Å². The third kappa shape index (κ3) is 5.63. The first-order chi connectivity index (χ1) is 13.9. The normalized spacial score (nSPS) is 12.8. The van der Waals surface area contributed by atoms with Gasteiger partial charge in [-0.1, -0.05) is 17.8 Å². The van der Waals surface area contributed by atoms with Crippen LogP contribution in [0.3, 0.4) is 0 Å². The quantitative estimate of drug-likeness (QED) is 0.536. The van der Waals surface area contributed by atoms with Crippen molar-refractivity contribution >= 4 is 35.1 Å². The van der Waals surface area contributed by atoms with Gasteiger partial charge in [0.25, 0.3) is 0 Å². The Bertz CT molecular complexity index is 962. The largest absolute Gasteiger partial charge is 0.417 e. The molecular weight excluding hydrogens is 423 g/mol. The number of amides is 1. The molecule has 1 amide bonds. The van der Waals surface area contributed by atoms with Crippen molar-refractivity contribution in [3.63, 3.8) is 0 Å². The predicted molar refractivity (Wildman–Crippen MR) is 107 cm³/mol. The molecule has 0 saturated heterocycles. The lowest BCUT2D eigenvalue weighted by Gasteiger charge is -2.17. The van der Waals surface area contributed by atoms with E-state index in [4.69, 9.17) is 0 Å². The van der Waals surface area contributed by atoms with Gasteiger partial charge in [-0.25, -0.2) is 4.98 Å². The second kappa shape index (κ2) is 9.49. The fraction of sp³-hybridized carbons (Fsp3) is 0.333. The van der Waals surface area contributed by atoms with Crippen LogP contribution in [0.1, 0.15) is 23.9 Å². The number of rotatable bonds is 8. The van der Waals surface area contributed by atoms with Gasteiger partial charge in [-0.05, 0) is 42.7 Å². The third-order valence-corrected chi connectivity index (χ3v) is 5.60. The maximum atomic E-state index is 12.6. The summed E-state index contributed by atoms with van der Waals surface area (Å²) in [5, 5.41) is 11.6. The highest BCUT2D eigenvalue weighted by Crippen LogP contribution is 2.29. The molecule has 1 N–H and O–H groups in total. The summed E-state index contributed by atoms with van der Waals surface area (Å²) in [6.45, 7) is 0. The minimum absolute atomic E-state index is 0.0326. The number of hydrogen-bond donors (Lipinski definition) is 1. The monoisotopic (exact) mass is 441 g/mol. The molecule has 3 heterocycles. The topological polar surface area (TPSA) is 72.2 Å². The number of aromatic nitrogens is 4. The number of alkyl halides is 3. The first-order valence-corrected chi connectivity index (χ1v) is 11.0. The first-order valence-electron chi connectivity index (χ1n) is 8.62. The van der Waals surface area contributed by atoms with Crippen molar-refractivity contribution in [1.82, 2.24) is 24.9 Å². The lowest BCUT2D eigenvalue weighted by Crippen LogP contribution is -2.31. The average Bonchev–Trinajstić information content (AvgIpc) is 3.13. The van der Waals surface area contributed by atoms with Crippen molar-refractivity contribution in [2.75, 3.05) is 17.8 Å². The predicted octanol–water partition coefficient (Wildman–Crippen LogP) is 3.85. The molecule has 3 aromatic heterocycles. The van der Waals surface area contributed by atoms with E-state index in [0.29, 0.717) is 22.9 Å². The molecule has 0 aliphatic carbocycles. The van der Waals surface area contributed by atoms with Crippen LogP contribution in [0.4, 0.5) is 13.2 Å². The van der Waals surface area contributed by atoms with E-state index in [1.165, 1.54) is 6.07 Å². The second-order valence-corrected chi connectivity index (χ2v) is 8.04. The zero-order valence-corrected chi connectivity index (χ0v) is 17.0. The molecule has 11 heteroatoms. The second-order valence-electron chi connectivity index (χ2n) is 6.06. The molecule has 0 spiro atoms. The minimum atomic E-state index is -4.43. The van der Waals surface area contributed by atoms with Gasteiger partial charge in [-0.2, -0.15) is 24.9 Å². The van der Waals surface area contributed by atoms with Crippen LogP contribution < -0.4 is 5.32 Å². The molecule has 3 aromatic rings. The molecule has 0 aromatic carbocycles. The standard InChI is InChI=1S/C18H18F3N5OS2/c1-28-9-7-13(17-25-24-14-4-2-3-8-26(14)17)23-15(27)11-29-16-6-5-12(10-22-16)18(19,20)21/h2-6,8,10,13H,7,9,11H2,1H3,(H,23,27). The Morgan fingerprint density at radius 3 is 2.76 bits per heavy atom. The van der Waals surface area contributed by atoms with Gasteiger partial charge in [0.15, 0.2) is 11.5 Å². The van der Waals surface area contributed by atoms with Gasteiger partial charge in [0.2, 0.25) is 5.91 Å². The molecule has 1 atom stereocenters. The lowest BCUT2D eigenvalue weighted by molar-refractivity contribution is -0.137. The van der Waals surface area contributed by atoms with Crippen LogP contribution in [-0.2, 0) is 11.0 Å². The maximum Gasteiger partial charge on any atom is 0.417 e. The minimum Gasteiger partial charge on any atom is -0.345 e. The third-order valence-electron chi connectivity index (χ3n) is 4.01. The zero-order chi connectivity index (χ0) is 20.9. The van der Waals surface area contributed by atoms with Crippen LogP contribution in [0.5, 0.6) is 0 Å². The Morgan fingerprint density at radius 2 is 2.07 bits per heavy atom. The van der Waals surface area contributed by atoms with Crippen molar-refractivity contribution in [3.05, 3.63) is 54.1 Å². The molecule has 0 saturated carbocycles. The zero-order valence-electron chi connectivity index (χ0n) is 15.4. The van der Waals surface area contributed by atoms with Gasteiger partial charge in [-0.3, -0.25) is 9.20 Å². The fourth-order valence-corrected chi connectivity index (χ4v) is 3.73. The molecule has 0 fully saturated rings. The van der Waals surface area contributed by atoms with Crippen molar-refractivity contribution in [2.24, 2.45) is 0 Å². The number of carbonyl (C=O) groups excluding carboxylic acids is 1. The summed E-state index contributed by atoms with van der Waals surface area (Å²) in [5.41, 5.74) is -0.128. The summed E-state index contributed by atoms with van der Waals surface area (Å²) in [7, 11) is 0. The Labute approximate surface area is 173 Å². The van der Waals surface area contributed by atoms with E-state index in [0.717, 1.165) is 29.8 Å². The van der Waals surface area contributed by atoms with Crippen molar-refractivity contribution in [3.8, 4) is 0 Å². The molecule has 0 radical (unpaired) electrons. The Hall–Kier alpha value is -2.27.